The van der Waals surface area contributed by atoms with Gasteiger partial charge in [0, 0.05) is 19.0 Å². The van der Waals surface area contributed by atoms with Crippen LogP contribution in [0, 0.1) is 5.92 Å². The van der Waals surface area contributed by atoms with Gasteiger partial charge in [0.1, 0.15) is 5.75 Å². The number of rotatable bonds is 5. The number of ether oxygens (including phenoxy) is 1. The molecular weight excluding hydrogens is 310 g/mol. The summed E-state index contributed by atoms with van der Waals surface area (Å²) in [4.78, 5) is 27.1. The summed E-state index contributed by atoms with van der Waals surface area (Å²) in [6.45, 7) is 1.30. The molecule has 0 N–H and O–H groups in total. The van der Waals surface area contributed by atoms with Gasteiger partial charge in [-0.1, -0.05) is 24.3 Å². The van der Waals surface area contributed by atoms with Crippen LogP contribution in [0.2, 0.25) is 0 Å². The number of para-hydroxylation sites is 1. The van der Waals surface area contributed by atoms with Crippen molar-refractivity contribution in [2.24, 2.45) is 5.92 Å². The van der Waals surface area contributed by atoms with Crippen LogP contribution in [0.1, 0.15) is 22.5 Å². The number of benzene rings is 1. The lowest BCUT2D eigenvalue weighted by molar-refractivity contribution is -0.134. The maximum Gasteiger partial charge on any atom is 0.260 e. The maximum absolute atomic E-state index is 12.3. The monoisotopic (exact) mass is 329 g/mol. The Bertz CT molecular complexity index is 646. The Morgan fingerprint density at radius 3 is 2.48 bits per heavy atom. The van der Waals surface area contributed by atoms with Crippen LogP contribution in [0.5, 0.6) is 5.75 Å². The summed E-state index contributed by atoms with van der Waals surface area (Å²) < 4.78 is 5.50. The van der Waals surface area contributed by atoms with Crippen molar-refractivity contribution in [3.05, 3.63) is 52.7 Å². The minimum Gasteiger partial charge on any atom is -0.484 e. The number of carbonyl (C=O) groups excluding carboxylic acids is 2. The van der Waals surface area contributed by atoms with Crippen molar-refractivity contribution in [2.75, 3.05) is 19.7 Å². The van der Waals surface area contributed by atoms with Gasteiger partial charge in [-0.05, 0) is 36.4 Å². The highest BCUT2D eigenvalue weighted by atomic mass is 32.1. The molecule has 4 nitrogen and oxygen atoms in total. The molecule has 1 aliphatic rings. The first-order chi connectivity index (χ1) is 11.2. The van der Waals surface area contributed by atoms with Crippen LogP contribution < -0.4 is 4.74 Å². The SMILES string of the molecule is O=C(c1cccs1)C1CCN(C(=O)COc2ccccc2)CC1. The first kappa shape index (κ1) is 15.7. The number of hydrogen-bond acceptors (Lipinski definition) is 4. The third-order valence-electron chi connectivity index (χ3n) is 4.09. The zero-order valence-electron chi connectivity index (χ0n) is 12.8. The summed E-state index contributed by atoms with van der Waals surface area (Å²) in [7, 11) is 0. The Hall–Kier alpha value is -2.14. The third kappa shape index (κ3) is 3.99. The zero-order valence-corrected chi connectivity index (χ0v) is 13.6. The van der Waals surface area contributed by atoms with Gasteiger partial charge in [-0.15, -0.1) is 11.3 Å². The van der Waals surface area contributed by atoms with Gasteiger partial charge in [-0.2, -0.15) is 0 Å². The number of carbonyl (C=O) groups is 2. The third-order valence-corrected chi connectivity index (χ3v) is 4.97. The molecule has 0 unspecified atom stereocenters. The molecule has 0 radical (unpaired) electrons. The number of thiophene rings is 1. The highest BCUT2D eigenvalue weighted by Crippen LogP contribution is 2.24. The van der Waals surface area contributed by atoms with E-state index in [2.05, 4.69) is 0 Å². The number of ketones is 1. The van der Waals surface area contributed by atoms with Gasteiger partial charge in [0.15, 0.2) is 12.4 Å². The minimum atomic E-state index is -0.0177. The number of hydrogen-bond donors (Lipinski definition) is 0. The van der Waals surface area contributed by atoms with Crippen LogP contribution in [0.25, 0.3) is 0 Å². The number of Topliss-reactive ketones (excluding diaryl/α,β-unsaturated/α-hetero) is 1. The maximum atomic E-state index is 12.3. The number of nitrogens with zero attached hydrogens (tertiary/aromatic N) is 1. The van der Waals surface area contributed by atoms with Gasteiger partial charge in [-0.25, -0.2) is 0 Å². The molecule has 0 saturated carbocycles. The molecule has 5 heteroatoms. The van der Waals surface area contributed by atoms with Gasteiger partial charge in [-0.3, -0.25) is 9.59 Å². The van der Waals surface area contributed by atoms with E-state index in [0.717, 1.165) is 17.7 Å². The predicted molar refractivity (Wildman–Crippen MR) is 89.9 cm³/mol. The van der Waals surface area contributed by atoms with Gasteiger partial charge in [0.25, 0.3) is 5.91 Å². The summed E-state index contributed by atoms with van der Waals surface area (Å²) in [5.41, 5.74) is 0. The fraction of sp³-hybridized carbons (Fsp3) is 0.333. The van der Waals surface area contributed by atoms with Crippen molar-refractivity contribution in [1.82, 2.24) is 4.90 Å². The van der Waals surface area contributed by atoms with E-state index in [9.17, 15) is 9.59 Å². The Morgan fingerprint density at radius 1 is 1.09 bits per heavy atom. The molecule has 1 aliphatic heterocycles. The van der Waals surface area contributed by atoms with Crippen LogP contribution >= 0.6 is 11.3 Å². The molecule has 23 heavy (non-hydrogen) atoms. The van der Waals surface area contributed by atoms with Gasteiger partial charge in [0.2, 0.25) is 0 Å². The Kier molecular flexibility index (Phi) is 5.08. The molecule has 120 valence electrons. The molecule has 0 aliphatic carbocycles. The van der Waals surface area contributed by atoms with E-state index in [-0.39, 0.29) is 24.2 Å². The van der Waals surface area contributed by atoms with E-state index in [4.69, 9.17) is 4.74 Å². The molecule has 0 atom stereocenters. The summed E-state index contributed by atoms with van der Waals surface area (Å²) in [6.07, 6.45) is 1.46. The van der Waals surface area contributed by atoms with Crippen LogP contribution in [-0.4, -0.2) is 36.3 Å². The molecule has 1 saturated heterocycles. The number of amides is 1. The highest BCUT2D eigenvalue weighted by molar-refractivity contribution is 7.12. The van der Waals surface area contributed by atoms with Crippen LogP contribution in [0.3, 0.4) is 0 Å². The van der Waals surface area contributed by atoms with Crippen molar-refractivity contribution in [3.63, 3.8) is 0 Å². The summed E-state index contributed by atoms with van der Waals surface area (Å²) in [6, 6.07) is 13.1. The van der Waals surface area contributed by atoms with Gasteiger partial charge < -0.3 is 9.64 Å². The molecule has 0 bridgehead atoms. The van der Waals surface area contributed by atoms with Crippen LogP contribution in [0.4, 0.5) is 0 Å². The summed E-state index contributed by atoms with van der Waals surface area (Å²) in [5.74, 6) is 0.930. The van der Waals surface area contributed by atoms with E-state index < -0.39 is 0 Å². The van der Waals surface area contributed by atoms with E-state index in [1.807, 2.05) is 47.8 Å². The Morgan fingerprint density at radius 2 is 1.83 bits per heavy atom. The Labute approximate surface area is 139 Å². The van der Waals surface area contributed by atoms with E-state index in [0.29, 0.717) is 18.8 Å². The molecule has 3 rings (SSSR count). The fourth-order valence-corrected chi connectivity index (χ4v) is 3.51. The molecule has 1 aromatic heterocycles. The van der Waals surface area contributed by atoms with Crippen LogP contribution in [-0.2, 0) is 4.79 Å². The average molecular weight is 329 g/mol. The molecule has 1 amide bonds. The van der Waals surface area contributed by atoms with Crippen LogP contribution in [0.15, 0.2) is 47.8 Å². The number of likely N-dealkylation sites (tertiary alicyclic amines) is 1. The standard InChI is InChI=1S/C18H19NO3S/c20-17(13-22-15-5-2-1-3-6-15)19-10-8-14(9-11-19)18(21)16-7-4-12-23-16/h1-7,12,14H,8-11,13H2. The first-order valence-electron chi connectivity index (χ1n) is 7.77. The first-order valence-corrected chi connectivity index (χ1v) is 8.65. The number of piperidine rings is 1. The van der Waals surface area contributed by atoms with E-state index >= 15 is 0 Å². The van der Waals surface area contributed by atoms with E-state index in [1.165, 1.54) is 11.3 Å². The zero-order chi connectivity index (χ0) is 16.1. The second-order valence-corrected chi connectivity index (χ2v) is 6.55. The predicted octanol–water partition coefficient (Wildman–Crippen LogP) is 3.25. The van der Waals surface area contributed by atoms with Crippen molar-refractivity contribution in [1.29, 1.82) is 0 Å². The van der Waals surface area contributed by atoms with Gasteiger partial charge in [0.05, 0.1) is 4.88 Å². The molecular formula is C18H19NO3S. The average Bonchev–Trinajstić information content (AvgIpc) is 3.15. The van der Waals surface area contributed by atoms with Crippen molar-refractivity contribution in [2.45, 2.75) is 12.8 Å². The lowest BCUT2D eigenvalue weighted by Gasteiger charge is -2.31. The molecule has 2 aromatic rings. The normalized spacial score (nSPS) is 15.4. The van der Waals surface area contributed by atoms with Crippen molar-refractivity contribution < 1.29 is 14.3 Å². The molecule has 1 aromatic carbocycles. The largest absolute Gasteiger partial charge is 0.484 e. The van der Waals surface area contributed by atoms with E-state index in [1.54, 1.807) is 4.90 Å². The second kappa shape index (κ2) is 7.42. The lowest BCUT2D eigenvalue weighted by Crippen LogP contribution is -2.42. The second-order valence-electron chi connectivity index (χ2n) is 5.60. The quantitative estimate of drug-likeness (QED) is 0.791. The summed E-state index contributed by atoms with van der Waals surface area (Å²) >= 11 is 1.49. The van der Waals surface area contributed by atoms with Crippen molar-refractivity contribution >= 4 is 23.0 Å². The molecule has 1 fully saturated rings. The fourth-order valence-electron chi connectivity index (χ4n) is 2.76. The van der Waals surface area contributed by atoms with Crippen molar-refractivity contribution in [3.8, 4) is 5.75 Å². The minimum absolute atomic E-state index is 0.0177. The smallest absolute Gasteiger partial charge is 0.260 e. The molecule has 0 spiro atoms. The molecule has 2 heterocycles. The lowest BCUT2D eigenvalue weighted by atomic mass is 9.92. The summed E-state index contributed by atoms with van der Waals surface area (Å²) in [5, 5.41) is 1.92. The Balaban J connectivity index is 1.47. The van der Waals surface area contributed by atoms with Gasteiger partial charge >= 0.3 is 0 Å². The highest BCUT2D eigenvalue weighted by Gasteiger charge is 2.28. The topological polar surface area (TPSA) is 46.6 Å².